The smallest absolute Gasteiger partial charge is 0.116 e. The Balaban J connectivity index is 1.45. The first-order valence-corrected chi connectivity index (χ1v) is 19.4. The molecule has 5 rings (SSSR count). The van der Waals surface area contributed by atoms with E-state index >= 15 is 0 Å². The lowest BCUT2D eigenvalue weighted by Gasteiger charge is -2.51. The van der Waals surface area contributed by atoms with Crippen molar-refractivity contribution in [3.05, 3.63) is 95.2 Å². The monoisotopic (exact) mass is 620 g/mol. The summed E-state index contributed by atoms with van der Waals surface area (Å²) in [5.41, 5.74) is 2.23. The first-order chi connectivity index (χ1) is 21.5. The molecule has 2 saturated heterocycles. The van der Waals surface area contributed by atoms with Crippen LogP contribution in [0.2, 0.25) is 18.1 Å². The van der Waals surface area contributed by atoms with Crippen LogP contribution in [0.4, 0.5) is 0 Å². The third kappa shape index (κ3) is 7.64. The van der Waals surface area contributed by atoms with Crippen molar-refractivity contribution >= 4 is 8.07 Å². The molecule has 0 saturated carbocycles. The number of fused-ring (bicyclic) bond motifs is 2. The first-order valence-electron chi connectivity index (χ1n) is 16.8. The van der Waals surface area contributed by atoms with Gasteiger partial charge in [-0.1, -0.05) is 123 Å². The van der Waals surface area contributed by atoms with E-state index < -0.39 is 8.07 Å². The SMILES string of the molecule is C/C=C/[C@@H]1O[C@@H]2C[C@@H]3O[C@H](CCO)C=C([Si](CC)(CC)CC)C[C@H]3O[C@H]2[C@H](OCc2ccccc2)[C@H]1OCc1ccccc1. The molecule has 0 radical (unpaired) electrons. The van der Waals surface area contributed by atoms with Crippen molar-refractivity contribution in [2.24, 2.45) is 0 Å². The van der Waals surface area contributed by atoms with Gasteiger partial charge in [0.1, 0.15) is 24.4 Å². The van der Waals surface area contributed by atoms with E-state index in [1.54, 1.807) is 0 Å². The predicted octanol–water partition coefficient (Wildman–Crippen LogP) is 7.17. The minimum absolute atomic E-state index is 0.0952. The van der Waals surface area contributed by atoms with Gasteiger partial charge >= 0.3 is 0 Å². The average molecular weight is 621 g/mol. The van der Waals surface area contributed by atoms with Gasteiger partial charge in [-0.3, -0.25) is 0 Å². The molecule has 2 aromatic rings. The fourth-order valence-corrected chi connectivity index (χ4v) is 11.5. The number of rotatable bonds is 13. The van der Waals surface area contributed by atoms with Crippen LogP contribution in [0.5, 0.6) is 0 Å². The Kier molecular flexibility index (Phi) is 12.1. The zero-order chi connectivity index (χ0) is 30.9. The molecule has 3 heterocycles. The molecule has 0 spiro atoms. The van der Waals surface area contributed by atoms with Gasteiger partial charge in [0.2, 0.25) is 0 Å². The molecule has 6 nitrogen and oxygen atoms in total. The lowest BCUT2D eigenvalue weighted by molar-refractivity contribution is -0.295. The van der Waals surface area contributed by atoms with Crippen molar-refractivity contribution < 1.29 is 28.8 Å². The Bertz CT molecular complexity index is 1190. The highest BCUT2D eigenvalue weighted by Crippen LogP contribution is 2.42. The molecule has 3 aliphatic heterocycles. The van der Waals surface area contributed by atoms with E-state index in [1.165, 1.54) is 23.3 Å². The number of benzene rings is 2. The fraction of sp³-hybridized carbons (Fsp3) is 0.568. The molecule has 3 aliphatic rings. The average Bonchev–Trinajstić information content (AvgIpc) is 3.23. The molecule has 2 aromatic carbocycles. The summed E-state index contributed by atoms with van der Waals surface area (Å²) < 4.78 is 34.1. The minimum atomic E-state index is -1.68. The van der Waals surface area contributed by atoms with E-state index in [0.29, 0.717) is 19.6 Å². The fourth-order valence-electron chi connectivity index (χ4n) is 7.42. The third-order valence-corrected chi connectivity index (χ3v) is 15.9. The van der Waals surface area contributed by atoms with Gasteiger partial charge < -0.3 is 28.8 Å². The highest BCUT2D eigenvalue weighted by atomic mass is 28.3. The molecular weight excluding hydrogens is 568 g/mol. The van der Waals surface area contributed by atoms with E-state index in [9.17, 15) is 5.11 Å². The lowest BCUT2D eigenvalue weighted by atomic mass is 9.87. The van der Waals surface area contributed by atoms with Crippen molar-refractivity contribution in [3.8, 4) is 0 Å². The number of hydrogen-bond donors (Lipinski definition) is 1. The first kappa shape index (κ1) is 33.3. The molecule has 0 aliphatic carbocycles. The van der Waals surface area contributed by atoms with Gasteiger partial charge in [0, 0.05) is 19.4 Å². The van der Waals surface area contributed by atoms with Crippen molar-refractivity contribution in [3.63, 3.8) is 0 Å². The van der Waals surface area contributed by atoms with Crippen molar-refractivity contribution in [1.82, 2.24) is 0 Å². The molecular formula is C37H52O6Si. The van der Waals surface area contributed by atoms with Crippen molar-refractivity contribution in [2.75, 3.05) is 6.61 Å². The van der Waals surface area contributed by atoms with Gasteiger partial charge in [-0.05, 0) is 24.5 Å². The Labute approximate surface area is 265 Å². The van der Waals surface area contributed by atoms with Gasteiger partial charge in [-0.2, -0.15) is 0 Å². The van der Waals surface area contributed by atoms with Crippen LogP contribution in [0.15, 0.2) is 84.1 Å². The summed E-state index contributed by atoms with van der Waals surface area (Å²) >= 11 is 0. The lowest BCUT2D eigenvalue weighted by Crippen LogP contribution is -2.64. The zero-order valence-corrected chi connectivity index (χ0v) is 28.0. The number of hydrogen-bond acceptors (Lipinski definition) is 6. The summed E-state index contributed by atoms with van der Waals surface area (Å²) in [4.78, 5) is 0. The van der Waals surface area contributed by atoms with Gasteiger partial charge in [-0.15, -0.1) is 0 Å². The highest BCUT2D eigenvalue weighted by Gasteiger charge is 2.53. The Hall–Kier alpha value is -2.10. The van der Waals surface area contributed by atoms with Gasteiger partial charge in [0.05, 0.1) is 45.7 Å². The van der Waals surface area contributed by atoms with Crippen LogP contribution in [0.3, 0.4) is 0 Å². The maximum atomic E-state index is 9.91. The maximum Gasteiger partial charge on any atom is 0.116 e. The largest absolute Gasteiger partial charge is 0.396 e. The highest BCUT2D eigenvalue weighted by molar-refractivity contribution is 6.86. The summed E-state index contributed by atoms with van der Waals surface area (Å²) in [5.74, 6) is 0. The van der Waals surface area contributed by atoms with E-state index in [-0.39, 0.29) is 55.4 Å². The van der Waals surface area contributed by atoms with Gasteiger partial charge in [0.15, 0.2) is 0 Å². The zero-order valence-electron chi connectivity index (χ0n) is 27.0. The molecule has 2 fully saturated rings. The summed E-state index contributed by atoms with van der Waals surface area (Å²) in [6.45, 7) is 10.1. The van der Waals surface area contributed by atoms with Crippen LogP contribution in [0.25, 0.3) is 0 Å². The number of aliphatic hydroxyl groups is 1. The van der Waals surface area contributed by atoms with E-state index in [2.05, 4.69) is 57.2 Å². The third-order valence-electron chi connectivity index (χ3n) is 10.1. The molecule has 1 N–H and O–H groups in total. The molecule has 0 amide bonds. The second kappa shape index (κ2) is 15.9. The van der Waals surface area contributed by atoms with Crippen LogP contribution in [-0.4, -0.2) is 68.6 Å². The standard InChI is InChI=1S/C37H52O6Si/c1-5-15-31-35(39-25-27-16-11-9-12-17-27)37(40-26-28-18-13-10-14-19-28)36-34(42-31)24-33-32(43-36)23-30(22-29(41-33)20-21-38)44(6-2,7-3)8-4/h5,9-19,22,29,31-38H,6-8,20-21,23-26H2,1-4H3/b15-5+/t29-,31+,32-,33+,34-,35+,36-,37-/m1/s1. The van der Waals surface area contributed by atoms with Crippen LogP contribution in [-0.2, 0) is 36.9 Å². The molecule has 7 heteroatoms. The number of aliphatic hydroxyl groups excluding tert-OH is 1. The van der Waals surface area contributed by atoms with Crippen LogP contribution in [0, 0.1) is 0 Å². The van der Waals surface area contributed by atoms with Crippen LogP contribution in [0.1, 0.15) is 58.1 Å². The molecule has 0 unspecified atom stereocenters. The van der Waals surface area contributed by atoms with Crippen LogP contribution < -0.4 is 0 Å². The quantitative estimate of drug-likeness (QED) is 0.189. The Morgan fingerprint density at radius 3 is 1.98 bits per heavy atom. The van der Waals surface area contributed by atoms with Crippen molar-refractivity contribution in [2.45, 2.75) is 127 Å². The number of ether oxygens (including phenoxy) is 5. The summed E-state index contributed by atoms with van der Waals surface area (Å²) in [6.07, 6.45) is 6.93. The summed E-state index contributed by atoms with van der Waals surface area (Å²) in [7, 11) is -1.68. The second-order valence-corrected chi connectivity index (χ2v) is 17.8. The molecule has 8 atom stereocenters. The normalized spacial score (nSPS) is 30.8. The van der Waals surface area contributed by atoms with Gasteiger partial charge in [0.25, 0.3) is 0 Å². The summed E-state index contributed by atoms with van der Waals surface area (Å²) in [6, 6.07) is 24.2. The molecule has 0 bridgehead atoms. The Morgan fingerprint density at radius 1 is 0.795 bits per heavy atom. The number of allylic oxidation sites excluding steroid dienone is 1. The minimum Gasteiger partial charge on any atom is -0.396 e. The van der Waals surface area contributed by atoms with E-state index in [0.717, 1.165) is 24.0 Å². The second-order valence-electron chi connectivity index (χ2n) is 12.5. The summed E-state index contributed by atoms with van der Waals surface area (Å²) in [5, 5.41) is 11.4. The molecule has 240 valence electrons. The predicted molar refractivity (Wildman–Crippen MR) is 177 cm³/mol. The topological polar surface area (TPSA) is 66.4 Å². The van der Waals surface area contributed by atoms with E-state index in [1.807, 2.05) is 49.4 Å². The molecule has 0 aromatic heterocycles. The van der Waals surface area contributed by atoms with E-state index in [4.69, 9.17) is 23.7 Å². The van der Waals surface area contributed by atoms with Crippen LogP contribution >= 0.6 is 0 Å². The van der Waals surface area contributed by atoms with Gasteiger partial charge in [-0.25, -0.2) is 0 Å². The maximum absolute atomic E-state index is 9.91. The molecule has 44 heavy (non-hydrogen) atoms. The Morgan fingerprint density at radius 2 is 1.41 bits per heavy atom. The van der Waals surface area contributed by atoms with Crippen molar-refractivity contribution in [1.29, 1.82) is 0 Å².